The van der Waals surface area contributed by atoms with E-state index in [-0.39, 0.29) is 18.6 Å². The van der Waals surface area contributed by atoms with Crippen molar-refractivity contribution in [1.29, 1.82) is 0 Å². The van der Waals surface area contributed by atoms with Crippen LogP contribution >= 0.6 is 0 Å². The summed E-state index contributed by atoms with van der Waals surface area (Å²) < 4.78 is 10.7. The Morgan fingerprint density at radius 1 is 1.04 bits per heavy atom. The van der Waals surface area contributed by atoms with Gasteiger partial charge in [-0.25, -0.2) is 4.79 Å². The lowest BCUT2D eigenvalue weighted by molar-refractivity contribution is -0.156. The monoisotopic (exact) mass is 334 g/mol. The molecule has 24 heavy (non-hydrogen) atoms. The van der Waals surface area contributed by atoms with Gasteiger partial charge in [0.1, 0.15) is 11.4 Å². The quantitative estimate of drug-likeness (QED) is 0.795. The molecule has 2 rings (SSSR count). The predicted molar refractivity (Wildman–Crippen MR) is 90.9 cm³/mol. The molecule has 0 radical (unpaired) electrons. The fraction of sp³-hybridized carbons (Fsp3) is 0.556. The largest absolute Gasteiger partial charge is 0.459 e. The highest BCUT2D eigenvalue weighted by Crippen LogP contribution is 2.12. The van der Waals surface area contributed by atoms with Gasteiger partial charge in [-0.2, -0.15) is 0 Å². The molecular formula is C18H26N2O4. The molecule has 0 N–H and O–H groups in total. The second-order valence-electron chi connectivity index (χ2n) is 6.88. The number of ether oxygens (including phenoxy) is 2. The molecule has 132 valence electrons. The van der Waals surface area contributed by atoms with Gasteiger partial charge in [0.2, 0.25) is 0 Å². The zero-order valence-corrected chi connectivity index (χ0v) is 14.7. The normalized spacial score (nSPS) is 16.4. The molecule has 0 atom stereocenters. The molecule has 0 saturated carbocycles. The Labute approximate surface area is 143 Å². The lowest BCUT2D eigenvalue weighted by Crippen LogP contribution is -2.39. The molecule has 0 aromatic heterocycles. The lowest BCUT2D eigenvalue weighted by atomic mass is 10.2. The molecular weight excluding hydrogens is 308 g/mol. The van der Waals surface area contributed by atoms with Gasteiger partial charge in [-0.15, -0.1) is 0 Å². The topological polar surface area (TPSA) is 59.1 Å². The Morgan fingerprint density at radius 2 is 1.75 bits per heavy atom. The Hall–Kier alpha value is -2.08. The summed E-state index contributed by atoms with van der Waals surface area (Å²) in [6.07, 6.45) is 0.451. The van der Waals surface area contributed by atoms with E-state index in [0.29, 0.717) is 25.4 Å². The summed E-state index contributed by atoms with van der Waals surface area (Å²) in [7, 11) is 0. The summed E-state index contributed by atoms with van der Waals surface area (Å²) in [5.41, 5.74) is -0.478. The first-order valence-corrected chi connectivity index (χ1v) is 8.29. The number of nitrogens with zero attached hydrogens (tertiary/aromatic N) is 2. The molecule has 1 aliphatic rings. The molecule has 1 aliphatic heterocycles. The average molecular weight is 334 g/mol. The number of hydrogen-bond acceptors (Lipinski definition) is 5. The molecule has 1 heterocycles. The van der Waals surface area contributed by atoms with Gasteiger partial charge in [-0.05, 0) is 39.3 Å². The highest BCUT2D eigenvalue weighted by Gasteiger charge is 2.23. The maximum atomic E-state index is 12.2. The van der Waals surface area contributed by atoms with Crippen LogP contribution < -0.4 is 4.74 Å². The molecule has 1 aromatic carbocycles. The molecule has 0 bridgehead atoms. The van der Waals surface area contributed by atoms with Crippen molar-refractivity contribution in [1.82, 2.24) is 9.80 Å². The second-order valence-corrected chi connectivity index (χ2v) is 6.88. The number of carbonyl (C=O) groups excluding carboxylic acids is 2. The molecule has 1 saturated heterocycles. The smallest absolute Gasteiger partial charge is 0.415 e. The number of esters is 1. The standard InChI is InChI=1S/C18H26N2O4/c1-18(2,3)24-16(21)14-19-10-7-11-20(13-12-19)17(22)23-15-8-5-4-6-9-15/h4-6,8-9H,7,10-14H2,1-3H3. The van der Waals surface area contributed by atoms with E-state index in [0.717, 1.165) is 13.0 Å². The maximum Gasteiger partial charge on any atom is 0.415 e. The van der Waals surface area contributed by atoms with Crippen molar-refractivity contribution in [3.63, 3.8) is 0 Å². The Balaban J connectivity index is 1.81. The Kier molecular flexibility index (Phi) is 6.20. The van der Waals surface area contributed by atoms with Crippen molar-refractivity contribution in [3.05, 3.63) is 30.3 Å². The van der Waals surface area contributed by atoms with E-state index < -0.39 is 5.60 Å². The Bertz CT molecular complexity index is 554. The first-order valence-electron chi connectivity index (χ1n) is 8.29. The summed E-state index contributed by atoms with van der Waals surface area (Å²) in [4.78, 5) is 27.9. The molecule has 0 aliphatic carbocycles. The summed E-state index contributed by atoms with van der Waals surface area (Å²) in [5.74, 6) is 0.306. The first kappa shape index (κ1) is 18.3. The fourth-order valence-corrected chi connectivity index (χ4v) is 2.52. The zero-order valence-electron chi connectivity index (χ0n) is 14.7. The van der Waals surface area contributed by atoms with E-state index in [1.165, 1.54) is 0 Å². The molecule has 6 nitrogen and oxygen atoms in total. The number of hydrogen-bond donors (Lipinski definition) is 0. The van der Waals surface area contributed by atoms with E-state index in [2.05, 4.69) is 0 Å². The molecule has 0 unspecified atom stereocenters. The number of benzene rings is 1. The van der Waals surface area contributed by atoms with E-state index in [9.17, 15) is 9.59 Å². The third-order valence-corrected chi connectivity index (χ3v) is 3.57. The SMILES string of the molecule is CC(C)(C)OC(=O)CN1CCCN(C(=O)Oc2ccccc2)CC1. The van der Waals surface area contributed by atoms with E-state index in [4.69, 9.17) is 9.47 Å². The molecule has 6 heteroatoms. The minimum atomic E-state index is -0.478. The van der Waals surface area contributed by atoms with Crippen molar-refractivity contribution in [2.24, 2.45) is 0 Å². The van der Waals surface area contributed by atoms with Crippen LogP contribution in [0.4, 0.5) is 4.79 Å². The summed E-state index contributed by atoms with van der Waals surface area (Å²) in [6.45, 7) is 8.36. The van der Waals surface area contributed by atoms with Crippen molar-refractivity contribution in [2.45, 2.75) is 32.8 Å². The van der Waals surface area contributed by atoms with E-state index in [1.807, 2.05) is 43.9 Å². The maximum absolute atomic E-state index is 12.2. The molecule has 0 spiro atoms. The molecule has 1 aromatic rings. The van der Waals surface area contributed by atoms with Crippen LogP contribution in [0.25, 0.3) is 0 Å². The van der Waals surface area contributed by atoms with Crippen LogP contribution in [0.1, 0.15) is 27.2 Å². The zero-order chi connectivity index (χ0) is 17.6. The van der Waals surface area contributed by atoms with E-state index in [1.54, 1.807) is 17.0 Å². The average Bonchev–Trinajstić information content (AvgIpc) is 2.72. The van der Waals surface area contributed by atoms with Gasteiger partial charge in [0, 0.05) is 26.2 Å². The number of amides is 1. The summed E-state index contributed by atoms with van der Waals surface area (Å²) in [6, 6.07) is 9.04. The van der Waals surface area contributed by atoms with Crippen LogP contribution in [-0.4, -0.2) is 60.2 Å². The van der Waals surface area contributed by atoms with Crippen LogP contribution in [0.5, 0.6) is 5.75 Å². The lowest BCUT2D eigenvalue weighted by Gasteiger charge is -2.24. The van der Waals surface area contributed by atoms with Gasteiger partial charge in [-0.1, -0.05) is 18.2 Å². The summed E-state index contributed by atoms with van der Waals surface area (Å²) >= 11 is 0. The predicted octanol–water partition coefficient (Wildman–Crippen LogP) is 2.53. The van der Waals surface area contributed by atoms with Crippen molar-refractivity contribution < 1.29 is 19.1 Å². The van der Waals surface area contributed by atoms with Crippen LogP contribution in [0.2, 0.25) is 0 Å². The third-order valence-electron chi connectivity index (χ3n) is 3.57. The van der Waals surface area contributed by atoms with Gasteiger partial charge in [0.05, 0.1) is 6.54 Å². The van der Waals surface area contributed by atoms with Gasteiger partial charge in [0.25, 0.3) is 0 Å². The van der Waals surface area contributed by atoms with Gasteiger partial charge in [-0.3, -0.25) is 9.69 Å². The van der Waals surface area contributed by atoms with Gasteiger partial charge in [0.15, 0.2) is 0 Å². The van der Waals surface area contributed by atoms with Crippen molar-refractivity contribution in [3.8, 4) is 5.75 Å². The number of para-hydroxylation sites is 1. The minimum Gasteiger partial charge on any atom is -0.459 e. The van der Waals surface area contributed by atoms with Gasteiger partial charge >= 0.3 is 12.1 Å². The number of rotatable bonds is 3. The first-order chi connectivity index (χ1) is 11.3. The number of carbonyl (C=O) groups is 2. The third kappa shape index (κ3) is 6.20. The van der Waals surface area contributed by atoms with Crippen LogP contribution in [0, 0.1) is 0 Å². The molecule has 1 amide bonds. The van der Waals surface area contributed by atoms with Crippen molar-refractivity contribution in [2.75, 3.05) is 32.7 Å². The van der Waals surface area contributed by atoms with Gasteiger partial charge < -0.3 is 14.4 Å². The molecule has 1 fully saturated rings. The van der Waals surface area contributed by atoms with E-state index >= 15 is 0 Å². The fourth-order valence-electron chi connectivity index (χ4n) is 2.52. The highest BCUT2D eigenvalue weighted by molar-refractivity contribution is 5.72. The van der Waals surface area contributed by atoms with Crippen LogP contribution in [0.3, 0.4) is 0 Å². The highest BCUT2D eigenvalue weighted by atomic mass is 16.6. The summed E-state index contributed by atoms with van der Waals surface area (Å²) in [5, 5.41) is 0. The van der Waals surface area contributed by atoms with Crippen LogP contribution in [-0.2, 0) is 9.53 Å². The minimum absolute atomic E-state index is 0.234. The van der Waals surface area contributed by atoms with Crippen LogP contribution in [0.15, 0.2) is 30.3 Å². The van der Waals surface area contributed by atoms with Crippen molar-refractivity contribution >= 4 is 12.1 Å². The Morgan fingerprint density at radius 3 is 2.42 bits per heavy atom. The second kappa shape index (κ2) is 8.15.